The van der Waals surface area contributed by atoms with Crippen molar-refractivity contribution in [2.24, 2.45) is 5.16 Å². The van der Waals surface area contributed by atoms with Gasteiger partial charge in [-0.2, -0.15) is 0 Å². The Bertz CT molecular complexity index is 1300. The third-order valence-corrected chi connectivity index (χ3v) is 5.50. The Balaban J connectivity index is 1.32. The number of hydrogen-bond donors (Lipinski definition) is 0. The minimum absolute atomic E-state index is 0.224. The van der Waals surface area contributed by atoms with Gasteiger partial charge in [0.05, 0.1) is 18.7 Å². The van der Waals surface area contributed by atoms with E-state index < -0.39 is 0 Å². The number of aromatic nitrogens is 2. The average molecular weight is 500 g/mol. The molecule has 0 unspecified atom stereocenters. The molecule has 0 spiro atoms. The van der Waals surface area contributed by atoms with Gasteiger partial charge in [-0.15, -0.1) is 0 Å². The van der Waals surface area contributed by atoms with E-state index in [-0.39, 0.29) is 19.0 Å². The number of aryl methyl sites for hydroxylation is 1. The molecular weight excluding hydrogens is 470 g/mol. The first-order valence-corrected chi connectivity index (χ1v) is 12.1. The summed E-state index contributed by atoms with van der Waals surface area (Å²) in [7, 11) is 0. The SMILES string of the molecule is CCOC(=O)CC/C(=N/OCc1ccc(OCc2nc(-c3ccccc3)oc2C)cc1)c1ccncc1. The van der Waals surface area contributed by atoms with Crippen molar-refractivity contribution >= 4 is 11.7 Å². The van der Waals surface area contributed by atoms with E-state index in [0.717, 1.165) is 28.1 Å². The molecule has 0 bridgehead atoms. The normalized spacial score (nSPS) is 11.2. The first-order valence-electron chi connectivity index (χ1n) is 12.1. The van der Waals surface area contributed by atoms with Crippen LogP contribution in [0.3, 0.4) is 0 Å². The van der Waals surface area contributed by atoms with Gasteiger partial charge in [0, 0.05) is 29.9 Å². The van der Waals surface area contributed by atoms with Crippen LogP contribution in [0.5, 0.6) is 5.75 Å². The molecule has 8 heteroatoms. The molecule has 0 amide bonds. The first kappa shape index (κ1) is 25.6. The number of carbonyl (C=O) groups is 1. The van der Waals surface area contributed by atoms with Gasteiger partial charge in [0.15, 0.2) is 0 Å². The number of nitrogens with zero attached hydrogens (tertiary/aromatic N) is 3. The van der Waals surface area contributed by atoms with Crippen LogP contribution in [0, 0.1) is 6.92 Å². The summed E-state index contributed by atoms with van der Waals surface area (Å²) in [6.07, 6.45) is 3.99. The highest BCUT2D eigenvalue weighted by Gasteiger charge is 2.12. The number of benzene rings is 2. The van der Waals surface area contributed by atoms with Gasteiger partial charge in [0.1, 0.15) is 30.4 Å². The van der Waals surface area contributed by atoms with Crippen molar-refractivity contribution < 1.29 is 23.5 Å². The molecule has 0 aliphatic carbocycles. The molecule has 0 fully saturated rings. The summed E-state index contributed by atoms with van der Waals surface area (Å²) < 4.78 is 16.7. The van der Waals surface area contributed by atoms with Crippen LogP contribution in [-0.2, 0) is 27.6 Å². The molecule has 2 heterocycles. The van der Waals surface area contributed by atoms with Gasteiger partial charge in [0.25, 0.3) is 0 Å². The number of hydrogen-bond acceptors (Lipinski definition) is 8. The highest BCUT2D eigenvalue weighted by Crippen LogP contribution is 2.23. The third-order valence-electron chi connectivity index (χ3n) is 5.50. The summed E-state index contributed by atoms with van der Waals surface area (Å²) in [5, 5.41) is 4.29. The third kappa shape index (κ3) is 7.51. The van der Waals surface area contributed by atoms with E-state index in [1.165, 1.54) is 0 Å². The molecule has 0 N–H and O–H groups in total. The lowest BCUT2D eigenvalue weighted by Crippen LogP contribution is -2.09. The smallest absolute Gasteiger partial charge is 0.306 e. The van der Waals surface area contributed by atoms with E-state index in [2.05, 4.69) is 15.1 Å². The zero-order valence-electron chi connectivity index (χ0n) is 20.9. The van der Waals surface area contributed by atoms with Crippen molar-refractivity contribution in [3.05, 3.63) is 102 Å². The lowest BCUT2D eigenvalue weighted by atomic mass is 10.1. The van der Waals surface area contributed by atoms with E-state index in [9.17, 15) is 4.79 Å². The summed E-state index contributed by atoms with van der Waals surface area (Å²) in [6, 6.07) is 21.0. The second-order valence-electron chi connectivity index (χ2n) is 8.17. The fourth-order valence-corrected chi connectivity index (χ4v) is 3.53. The van der Waals surface area contributed by atoms with Crippen LogP contribution in [0.2, 0.25) is 0 Å². The topological polar surface area (TPSA) is 96.0 Å². The van der Waals surface area contributed by atoms with Gasteiger partial charge in [-0.05, 0) is 55.8 Å². The Kier molecular flexibility index (Phi) is 9.02. The minimum atomic E-state index is -0.267. The number of pyridine rings is 1. The standard InChI is InChI=1S/C29H29N3O5/c1-3-34-28(33)14-13-26(23-15-17-30-18-16-23)32-36-19-22-9-11-25(12-10-22)35-20-27-21(2)37-29(31-27)24-7-5-4-6-8-24/h4-12,15-18H,3,13-14,19-20H2,1-2H3/b32-26-. The van der Waals surface area contributed by atoms with Crippen LogP contribution in [0.4, 0.5) is 0 Å². The molecule has 4 aromatic rings. The molecule has 2 aromatic heterocycles. The second-order valence-corrected chi connectivity index (χ2v) is 8.17. The maximum Gasteiger partial charge on any atom is 0.306 e. The summed E-state index contributed by atoms with van der Waals surface area (Å²) in [5.74, 6) is 1.76. The van der Waals surface area contributed by atoms with Crippen molar-refractivity contribution in [1.82, 2.24) is 9.97 Å². The largest absolute Gasteiger partial charge is 0.487 e. The monoisotopic (exact) mass is 499 g/mol. The van der Waals surface area contributed by atoms with Gasteiger partial charge in [-0.1, -0.05) is 35.5 Å². The molecule has 4 rings (SSSR count). The van der Waals surface area contributed by atoms with Gasteiger partial charge >= 0.3 is 5.97 Å². The summed E-state index contributed by atoms with van der Waals surface area (Å²) in [4.78, 5) is 26.0. The molecule has 0 aliphatic heterocycles. The predicted molar refractivity (Wildman–Crippen MR) is 139 cm³/mol. The van der Waals surface area contributed by atoms with Crippen LogP contribution >= 0.6 is 0 Å². The molecule has 0 aliphatic rings. The Morgan fingerprint density at radius 2 is 1.70 bits per heavy atom. The molecule has 190 valence electrons. The summed E-state index contributed by atoms with van der Waals surface area (Å²) in [5.41, 5.74) is 4.12. The molecule has 2 aromatic carbocycles. The molecule has 0 saturated carbocycles. The molecular formula is C29H29N3O5. The van der Waals surface area contributed by atoms with Crippen molar-refractivity contribution in [1.29, 1.82) is 0 Å². The van der Waals surface area contributed by atoms with E-state index >= 15 is 0 Å². The fourth-order valence-electron chi connectivity index (χ4n) is 3.53. The number of rotatable bonds is 12. The second kappa shape index (κ2) is 13.0. The Labute approximate surface area is 215 Å². The van der Waals surface area contributed by atoms with E-state index in [1.807, 2.05) is 73.7 Å². The van der Waals surface area contributed by atoms with E-state index in [1.54, 1.807) is 19.3 Å². The first-order chi connectivity index (χ1) is 18.1. The van der Waals surface area contributed by atoms with Gasteiger partial charge in [0.2, 0.25) is 5.89 Å². The van der Waals surface area contributed by atoms with Crippen LogP contribution < -0.4 is 4.74 Å². The molecule has 0 radical (unpaired) electrons. The molecule has 8 nitrogen and oxygen atoms in total. The number of oxazole rings is 1. The van der Waals surface area contributed by atoms with E-state index in [4.69, 9.17) is 18.7 Å². The predicted octanol–water partition coefficient (Wildman–Crippen LogP) is 5.89. The molecule has 37 heavy (non-hydrogen) atoms. The molecule has 0 atom stereocenters. The van der Waals surface area contributed by atoms with Gasteiger partial charge in [-0.3, -0.25) is 9.78 Å². The Morgan fingerprint density at radius 1 is 0.946 bits per heavy atom. The Morgan fingerprint density at radius 3 is 2.43 bits per heavy atom. The van der Waals surface area contributed by atoms with Crippen molar-refractivity contribution in [3.63, 3.8) is 0 Å². The zero-order chi connectivity index (χ0) is 25.9. The van der Waals surface area contributed by atoms with E-state index in [0.29, 0.717) is 37.0 Å². The summed E-state index contributed by atoms with van der Waals surface area (Å²) in [6.45, 7) is 4.59. The zero-order valence-corrected chi connectivity index (χ0v) is 20.9. The minimum Gasteiger partial charge on any atom is -0.487 e. The quantitative estimate of drug-likeness (QED) is 0.136. The number of ether oxygens (including phenoxy) is 2. The lowest BCUT2D eigenvalue weighted by molar-refractivity contribution is -0.142. The van der Waals surface area contributed by atoms with Crippen molar-refractivity contribution in [2.45, 2.75) is 39.9 Å². The maximum atomic E-state index is 11.8. The number of oxime groups is 1. The van der Waals surface area contributed by atoms with Crippen LogP contribution in [0.25, 0.3) is 11.5 Å². The van der Waals surface area contributed by atoms with Gasteiger partial charge < -0.3 is 18.7 Å². The maximum absolute atomic E-state index is 11.8. The number of carbonyl (C=O) groups excluding carboxylic acids is 1. The van der Waals surface area contributed by atoms with Gasteiger partial charge in [-0.25, -0.2) is 4.98 Å². The summed E-state index contributed by atoms with van der Waals surface area (Å²) >= 11 is 0. The molecule has 0 saturated heterocycles. The lowest BCUT2D eigenvalue weighted by Gasteiger charge is -2.08. The average Bonchev–Trinajstić information content (AvgIpc) is 3.31. The van der Waals surface area contributed by atoms with Crippen LogP contribution in [0.1, 0.15) is 42.3 Å². The van der Waals surface area contributed by atoms with Crippen LogP contribution in [-0.4, -0.2) is 28.3 Å². The number of esters is 1. The van der Waals surface area contributed by atoms with Crippen molar-refractivity contribution in [3.8, 4) is 17.2 Å². The van der Waals surface area contributed by atoms with Crippen LogP contribution in [0.15, 0.2) is 88.7 Å². The van der Waals surface area contributed by atoms with Crippen molar-refractivity contribution in [2.75, 3.05) is 6.61 Å². The Hall–Kier alpha value is -4.46. The highest BCUT2D eigenvalue weighted by atomic mass is 16.6. The highest BCUT2D eigenvalue weighted by molar-refractivity contribution is 6.01. The fraction of sp³-hybridized carbons (Fsp3) is 0.241.